The van der Waals surface area contributed by atoms with Crippen molar-refractivity contribution < 1.29 is 22.4 Å². The Kier molecular flexibility index (Phi) is 5.36. The van der Waals surface area contributed by atoms with Crippen LogP contribution in [0.1, 0.15) is 23.2 Å². The van der Waals surface area contributed by atoms with Crippen molar-refractivity contribution in [3.63, 3.8) is 0 Å². The highest BCUT2D eigenvalue weighted by Gasteiger charge is 2.26. The van der Waals surface area contributed by atoms with Crippen molar-refractivity contribution in [2.45, 2.75) is 18.2 Å². The van der Waals surface area contributed by atoms with Gasteiger partial charge in [0.05, 0.1) is 7.11 Å². The normalized spacial score (nSPS) is 15.1. The first-order valence-corrected chi connectivity index (χ1v) is 10.5. The van der Waals surface area contributed by atoms with E-state index in [0.29, 0.717) is 50.1 Å². The SMILES string of the molecule is CCc1nnc(N2CCN(C(=O)c3ccc(OC)c(S(C)(=O)=O)c3)CC2)o1. The van der Waals surface area contributed by atoms with Gasteiger partial charge in [-0.15, -0.1) is 5.10 Å². The van der Waals surface area contributed by atoms with Crippen LogP contribution in [0.5, 0.6) is 5.75 Å². The fourth-order valence-corrected chi connectivity index (χ4v) is 3.76. The minimum Gasteiger partial charge on any atom is -0.495 e. The third-order valence-corrected chi connectivity index (χ3v) is 5.52. The fourth-order valence-electron chi connectivity index (χ4n) is 2.90. The first kappa shape index (κ1) is 19.2. The molecule has 1 amide bonds. The summed E-state index contributed by atoms with van der Waals surface area (Å²) in [6.07, 6.45) is 1.76. The Hall–Kier alpha value is -2.62. The van der Waals surface area contributed by atoms with Crippen LogP contribution >= 0.6 is 0 Å². The van der Waals surface area contributed by atoms with Crippen molar-refractivity contribution in [2.75, 3.05) is 44.4 Å². The van der Waals surface area contributed by atoms with Crippen molar-refractivity contribution in [1.29, 1.82) is 0 Å². The standard InChI is InChI=1S/C17H22N4O5S/c1-4-15-18-19-17(26-15)21-9-7-20(8-10-21)16(22)12-5-6-13(25-2)14(11-12)27(3,23)24/h5-6,11H,4,7-10H2,1-3H3. The number of aromatic nitrogens is 2. The second-order valence-corrected chi connectivity index (χ2v) is 8.23. The van der Waals surface area contributed by atoms with Gasteiger partial charge in [0.1, 0.15) is 10.6 Å². The van der Waals surface area contributed by atoms with Crippen molar-refractivity contribution in [3.8, 4) is 5.75 Å². The molecule has 1 saturated heterocycles. The molecule has 0 saturated carbocycles. The largest absolute Gasteiger partial charge is 0.495 e. The van der Waals surface area contributed by atoms with Crippen LogP contribution in [0.2, 0.25) is 0 Å². The number of nitrogens with zero attached hydrogens (tertiary/aromatic N) is 4. The van der Waals surface area contributed by atoms with E-state index in [2.05, 4.69) is 10.2 Å². The predicted molar refractivity (Wildman–Crippen MR) is 97.9 cm³/mol. The average Bonchev–Trinajstić information content (AvgIpc) is 3.15. The second-order valence-electron chi connectivity index (χ2n) is 6.25. The number of sulfone groups is 1. The lowest BCUT2D eigenvalue weighted by Gasteiger charge is -2.33. The highest BCUT2D eigenvalue weighted by molar-refractivity contribution is 7.90. The zero-order valence-electron chi connectivity index (χ0n) is 15.5. The lowest BCUT2D eigenvalue weighted by atomic mass is 10.1. The third-order valence-electron chi connectivity index (χ3n) is 4.41. The van der Waals surface area contributed by atoms with Crippen LogP contribution in [-0.2, 0) is 16.3 Å². The number of methoxy groups -OCH3 is 1. The Morgan fingerprint density at radius 1 is 1.22 bits per heavy atom. The van der Waals surface area contributed by atoms with Gasteiger partial charge < -0.3 is 19.0 Å². The molecule has 27 heavy (non-hydrogen) atoms. The Balaban J connectivity index is 1.72. The minimum atomic E-state index is -3.51. The molecular formula is C17H22N4O5S. The number of rotatable bonds is 5. The molecule has 0 spiro atoms. The van der Waals surface area contributed by atoms with Gasteiger partial charge in [0.2, 0.25) is 5.89 Å². The van der Waals surface area contributed by atoms with E-state index in [4.69, 9.17) is 9.15 Å². The van der Waals surface area contributed by atoms with Crippen LogP contribution in [-0.4, -0.2) is 69.0 Å². The molecule has 9 nitrogen and oxygen atoms in total. The van der Waals surface area contributed by atoms with E-state index in [0.717, 1.165) is 6.26 Å². The van der Waals surface area contributed by atoms with E-state index in [1.165, 1.54) is 19.2 Å². The number of ether oxygens (including phenoxy) is 1. The quantitative estimate of drug-likeness (QED) is 0.740. The molecule has 0 unspecified atom stereocenters. The summed E-state index contributed by atoms with van der Waals surface area (Å²) in [5.74, 6) is 0.582. The molecule has 1 aliphatic rings. The first-order valence-electron chi connectivity index (χ1n) is 8.58. The Morgan fingerprint density at radius 3 is 2.48 bits per heavy atom. The number of piperazine rings is 1. The molecular weight excluding hydrogens is 372 g/mol. The number of carbonyl (C=O) groups excluding carboxylic acids is 1. The molecule has 0 bridgehead atoms. The molecule has 146 valence electrons. The van der Waals surface area contributed by atoms with Gasteiger partial charge in [0.25, 0.3) is 5.91 Å². The van der Waals surface area contributed by atoms with E-state index >= 15 is 0 Å². The van der Waals surface area contributed by atoms with Gasteiger partial charge in [-0.2, -0.15) is 0 Å². The Bertz CT molecular complexity index is 933. The van der Waals surface area contributed by atoms with Crippen molar-refractivity contribution >= 4 is 21.8 Å². The number of hydrogen-bond acceptors (Lipinski definition) is 8. The number of benzene rings is 1. The monoisotopic (exact) mass is 394 g/mol. The predicted octanol–water partition coefficient (Wildman–Crippen LogP) is 1.01. The molecule has 3 rings (SSSR count). The van der Waals surface area contributed by atoms with Gasteiger partial charge in [-0.25, -0.2) is 8.42 Å². The van der Waals surface area contributed by atoms with Crippen LogP contribution in [0, 0.1) is 0 Å². The molecule has 2 aromatic rings. The molecule has 0 radical (unpaired) electrons. The lowest BCUT2D eigenvalue weighted by molar-refractivity contribution is 0.0744. The molecule has 1 fully saturated rings. The van der Waals surface area contributed by atoms with Gasteiger partial charge in [-0.1, -0.05) is 12.0 Å². The van der Waals surface area contributed by atoms with E-state index in [-0.39, 0.29) is 16.6 Å². The molecule has 1 aromatic carbocycles. The number of carbonyl (C=O) groups is 1. The summed E-state index contributed by atoms with van der Waals surface area (Å²) < 4.78 is 34.6. The van der Waals surface area contributed by atoms with Gasteiger partial charge in [-0.3, -0.25) is 4.79 Å². The summed E-state index contributed by atoms with van der Waals surface area (Å²) in [5.41, 5.74) is 0.315. The summed E-state index contributed by atoms with van der Waals surface area (Å²) in [7, 11) is -2.11. The number of anilines is 1. The first-order chi connectivity index (χ1) is 12.8. The minimum absolute atomic E-state index is 0.00689. The maximum Gasteiger partial charge on any atom is 0.318 e. The third kappa shape index (κ3) is 4.05. The van der Waals surface area contributed by atoms with Gasteiger partial charge in [0, 0.05) is 44.4 Å². The van der Waals surface area contributed by atoms with Gasteiger partial charge in [0.15, 0.2) is 9.84 Å². The maximum atomic E-state index is 12.8. The topological polar surface area (TPSA) is 106 Å². The summed E-state index contributed by atoms with van der Waals surface area (Å²) >= 11 is 0. The second kappa shape index (κ2) is 7.55. The van der Waals surface area contributed by atoms with Crippen LogP contribution in [0.4, 0.5) is 6.01 Å². The Morgan fingerprint density at radius 2 is 1.93 bits per heavy atom. The van der Waals surface area contributed by atoms with Crippen molar-refractivity contribution in [1.82, 2.24) is 15.1 Å². The lowest BCUT2D eigenvalue weighted by Crippen LogP contribution is -2.49. The van der Waals surface area contributed by atoms with E-state index in [1.807, 2.05) is 11.8 Å². The highest BCUT2D eigenvalue weighted by atomic mass is 32.2. The summed E-state index contributed by atoms with van der Waals surface area (Å²) in [6.45, 7) is 4.01. The van der Waals surface area contributed by atoms with E-state index in [1.54, 1.807) is 11.0 Å². The molecule has 0 N–H and O–H groups in total. The van der Waals surface area contributed by atoms with Crippen LogP contribution < -0.4 is 9.64 Å². The van der Waals surface area contributed by atoms with Crippen LogP contribution in [0.25, 0.3) is 0 Å². The average molecular weight is 394 g/mol. The molecule has 0 aliphatic carbocycles. The maximum absolute atomic E-state index is 12.8. The molecule has 2 heterocycles. The van der Waals surface area contributed by atoms with E-state index < -0.39 is 9.84 Å². The molecule has 10 heteroatoms. The highest BCUT2D eigenvalue weighted by Crippen LogP contribution is 2.26. The Labute approximate surface area is 157 Å². The van der Waals surface area contributed by atoms with Crippen molar-refractivity contribution in [3.05, 3.63) is 29.7 Å². The summed E-state index contributed by atoms with van der Waals surface area (Å²) in [6, 6.07) is 4.91. The van der Waals surface area contributed by atoms with E-state index in [9.17, 15) is 13.2 Å². The fraction of sp³-hybridized carbons (Fsp3) is 0.471. The zero-order chi connectivity index (χ0) is 19.6. The molecule has 0 atom stereocenters. The molecule has 1 aliphatic heterocycles. The van der Waals surface area contributed by atoms with Crippen LogP contribution in [0.3, 0.4) is 0 Å². The summed E-state index contributed by atoms with van der Waals surface area (Å²) in [5, 5.41) is 7.97. The molecule has 1 aromatic heterocycles. The number of amides is 1. The van der Waals surface area contributed by atoms with Crippen molar-refractivity contribution in [2.24, 2.45) is 0 Å². The van der Waals surface area contributed by atoms with Crippen LogP contribution in [0.15, 0.2) is 27.5 Å². The number of aryl methyl sites for hydroxylation is 1. The number of hydrogen-bond donors (Lipinski definition) is 0. The smallest absolute Gasteiger partial charge is 0.318 e. The zero-order valence-corrected chi connectivity index (χ0v) is 16.3. The summed E-state index contributed by atoms with van der Waals surface area (Å²) in [4.78, 5) is 16.4. The van der Waals surface area contributed by atoms with Gasteiger partial charge in [-0.05, 0) is 18.2 Å². The van der Waals surface area contributed by atoms with Gasteiger partial charge >= 0.3 is 6.01 Å².